The van der Waals surface area contributed by atoms with Crippen molar-refractivity contribution in [3.63, 3.8) is 0 Å². The topological polar surface area (TPSA) is 147 Å². The first-order valence-electron chi connectivity index (χ1n) is 14.2. The van der Waals surface area contributed by atoms with Crippen LogP contribution in [-0.2, 0) is 15.8 Å². The molecule has 15 heteroatoms. The lowest BCUT2D eigenvalue weighted by Gasteiger charge is -2.33. The van der Waals surface area contributed by atoms with Crippen LogP contribution in [0.15, 0.2) is 59.5 Å². The van der Waals surface area contributed by atoms with E-state index in [1.165, 1.54) is 47.2 Å². The molecule has 45 heavy (non-hydrogen) atoms. The fourth-order valence-electron chi connectivity index (χ4n) is 5.26. The van der Waals surface area contributed by atoms with E-state index in [0.29, 0.717) is 11.8 Å². The number of anilines is 2. The van der Waals surface area contributed by atoms with E-state index in [2.05, 4.69) is 20.0 Å². The summed E-state index contributed by atoms with van der Waals surface area (Å²) in [5.74, 6) is -2.25. The Balaban J connectivity index is 1.46. The van der Waals surface area contributed by atoms with E-state index in [-0.39, 0.29) is 59.5 Å². The molecule has 4 aromatic rings. The van der Waals surface area contributed by atoms with Crippen LogP contribution in [0, 0.1) is 11.6 Å². The second-order valence-electron chi connectivity index (χ2n) is 11.0. The van der Waals surface area contributed by atoms with E-state index in [4.69, 9.17) is 0 Å². The van der Waals surface area contributed by atoms with Gasteiger partial charge in [-0.1, -0.05) is 31.2 Å². The first-order valence-corrected chi connectivity index (χ1v) is 15.8. The summed E-state index contributed by atoms with van der Waals surface area (Å²) in [6.07, 6.45) is -0.530. The van der Waals surface area contributed by atoms with Gasteiger partial charge in [0, 0.05) is 47.8 Å². The summed E-state index contributed by atoms with van der Waals surface area (Å²) in [7, 11) is -4.16. The number of nitrogens with zero attached hydrogens (tertiary/aromatic N) is 4. The predicted molar refractivity (Wildman–Crippen MR) is 163 cm³/mol. The molecule has 1 fully saturated rings. The zero-order valence-corrected chi connectivity index (χ0v) is 25.2. The highest BCUT2D eigenvalue weighted by atomic mass is 32.2. The minimum Gasteiger partial charge on any atom is -0.465 e. The summed E-state index contributed by atoms with van der Waals surface area (Å²) in [5, 5.41) is 12.7. The molecule has 0 spiro atoms. The maximum atomic E-state index is 15.2. The maximum Gasteiger partial charge on any atom is 0.407 e. The minimum atomic E-state index is -4.16. The van der Waals surface area contributed by atoms with Gasteiger partial charge in [-0.05, 0) is 43.2 Å². The maximum absolute atomic E-state index is 15.2. The second-order valence-corrected chi connectivity index (χ2v) is 12.7. The summed E-state index contributed by atoms with van der Waals surface area (Å²) < 4.78 is 72.3. The van der Waals surface area contributed by atoms with Crippen molar-refractivity contribution >= 4 is 38.8 Å². The molecule has 2 aromatic heterocycles. The summed E-state index contributed by atoms with van der Waals surface area (Å²) in [4.78, 5) is 35.0. The number of rotatable bonds is 9. The van der Waals surface area contributed by atoms with Crippen LogP contribution in [0.3, 0.4) is 0 Å². The van der Waals surface area contributed by atoms with Gasteiger partial charge in [0.15, 0.2) is 0 Å². The van der Waals surface area contributed by atoms with Crippen LogP contribution >= 0.6 is 0 Å². The Morgan fingerprint density at radius 2 is 1.89 bits per heavy atom. The highest BCUT2D eigenvalue weighted by Crippen LogP contribution is 2.28. The van der Waals surface area contributed by atoms with Crippen LogP contribution < -0.4 is 15.6 Å². The molecule has 2 aromatic carbocycles. The Bertz CT molecular complexity index is 1920. The van der Waals surface area contributed by atoms with Crippen LogP contribution in [0.4, 0.5) is 29.6 Å². The second kappa shape index (κ2) is 12.8. The lowest BCUT2D eigenvalue weighted by molar-refractivity contribution is 0.102. The van der Waals surface area contributed by atoms with Crippen molar-refractivity contribution in [2.75, 3.05) is 23.1 Å². The standard InChI is InChI=1S/C30H31F3N6O5S/c1-3-17(2)39-27-20(13-34-29(36-27)35-22-12-21(31)14-38(15-22)30(41)42)10-23(28(39)40)18-8-9-26(25(33)11-18)37-45(43,44)16-19-6-4-5-7-24(19)32/h4-11,13,17,21-22,37H,3,12,14-16H2,1-2H3,(H,41,42)(H,34,35,36)/t17?,21-,22-/m0/s1. The average molecular weight is 645 g/mol. The van der Waals surface area contributed by atoms with E-state index in [1.54, 1.807) is 0 Å². The van der Waals surface area contributed by atoms with E-state index in [0.717, 1.165) is 17.0 Å². The van der Waals surface area contributed by atoms with Gasteiger partial charge in [0.25, 0.3) is 5.56 Å². The monoisotopic (exact) mass is 644 g/mol. The predicted octanol–water partition coefficient (Wildman–Crippen LogP) is 5.15. The molecule has 1 saturated heterocycles. The normalized spacial score (nSPS) is 17.7. The fourth-order valence-corrected chi connectivity index (χ4v) is 6.47. The van der Waals surface area contributed by atoms with Crippen molar-refractivity contribution in [3.05, 3.63) is 82.3 Å². The zero-order valence-electron chi connectivity index (χ0n) is 24.4. The van der Waals surface area contributed by atoms with Crippen LogP contribution in [0.1, 0.15) is 38.3 Å². The number of sulfonamides is 1. The van der Waals surface area contributed by atoms with Gasteiger partial charge in [-0.3, -0.25) is 14.1 Å². The summed E-state index contributed by atoms with van der Waals surface area (Å²) in [5.41, 5.74) is -0.338. The number of hydrogen-bond acceptors (Lipinski definition) is 7. The zero-order chi connectivity index (χ0) is 32.5. The third kappa shape index (κ3) is 7.03. The Kier molecular flexibility index (Phi) is 9.00. The number of benzene rings is 2. The van der Waals surface area contributed by atoms with Crippen molar-refractivity contribution in [3.8, 4) is 11.1 Å². The molecule has 3 atom stereocenters. The number of carboxylic acid groups (broad SMARTS) is 1. The van der Waals surface area contributed by atoms with Crippen LogP contribution in [0.2, 0.25) is 0 Å². The molecular weight excluding hydrogens is 613 g/mol. The number of nitrogens with one attached hydrogen (secondary N) is 2. The van der Waals surface area contributed by atoms with Gasteiger partial charge in [-0.25, -0.2) is 31.4 Å². The number of aromatic nitrogens is 3. The molecule has 1 amide bonds. The number of piperidine rings is 1. The first-order chi connectivity index (χ1) is 21.3. The molecule has 0 bridgehead atoms. The largest absolute Gasteiger partial charge is 0.465 e. The Morgan fingerprint density at radius 1 is 1.13 bits per heavy atom. The highest BCUT2D eigenvalue weighted by Gasteiger charge is 2.30. The fraction of sp³-hybridized carbons (Fsp3) is 0.333. The van der Waals surface area contributed by atoms with E-state index in [1.807, 2.05) is 13.8 Å². The smallest absolute Gasteiger partial charge is 0.407 e. The quantitative estimate of drug-likeness (QED) is 0.227. The van der Waals surface area contributed by atoms with Crippen molar-refractivity contribution in [1.82, 2.24) is 19.4 Å². The molecule has 1 aliphatic heterocycles. The first kappa shape index (κ1) is 31.8. The van der Waals surface area contributed by atoms with Crippen LogP contribution in [0.5, 0.6) is 0 Å². The third-order valence-corrected chi connectivity index (χ3v) is 8.88. The molecule has 1 unspecified atom stereocenters. The molecule has 0 radical (unpaired) electrons. The number of pyridine rings is 1. The number of alkyl halides is 1. The van der Waals surface area contributed by atoms with Gasteiger partial charge in [-0.2, -0.15) is 4.98 Å². The number of hydrogen-bond donors (Lipinski definition) is 3. The molecular formula is C30H31F3N6O5S. The van der Waals surface area contributed by atoms with Crippen LogP contribution in [-0.4, -0.2) is 64.4 Å². The summed E-state index contributed by atoms with van der Waals surface area (Å²) in [6, 6.07) is 9.56. The van der Waals surface area contributed by atoms with E-state index < -0.39 is 51.3 Å². The average Bonchev–Trinajstić information content (AvgIpc) is 2.98. The van der Waals surface area contributed by atoms with Crippen molar-refractivity contribution in [2.45, 2.75) is 50.7 Å². The van der Waals surface area contributed by atoms with E-state index in [9.17, 15) is 31.9 Å². The highest BCUT2D eigenvalue weighted by molar-refractivity contribution is 7.91. The number of carbonyl (C=O) groups is 1. The number of amides is 1. The molecule has 5 rings (SSSR count). The molecule has 3 heterocycles. The molecule has 0 saturated carbocycles. The summed E-state index contributed by atoms with van der Waals surface area (Å²) >= 11 is 0. The molecule has 1 aliphatic rings. The Hall–Kier alpha value is -4.66. The van der Waals surface area contributed by atoms with Crippen molar-refractivity contribution in [1.29, 1.82) is 0 Å². The Morgan fingerprint density at radius 3 is 2.58 bits per heavy atom. The van der Waals surface area contributed by atoms with Crippen LogP contribution in [0.25, 0.3) is 22.2 Å². The molecule has 0 aliphatic carbocycles. The van der Waals surface area contributed by atoms with Crippen molar-refractivity contribution in [2.24, 2.45) is 0 Å². The molecule has 11 nitrogen and oxygen atoms in total. The van der Waals surface area contributed by atoms with Gasteiger partial charge in [0.1, 0.15) is 23.5 Å². The minimum absolute atomic E-state index is 0.0368. The van der Waals surface area contributed by atoms with Gasteiger partial charge in [0.2, 0.25) is 16.0 Å². The summed E-state index contributed by atoms with van der Waals surface area (Å²) in [6.45, 7) is 3.51. The molecule has 238 valence electrons. The van der Waals surface area contributed by atoms with Gasteiger partial charge >= 0.3 is 6.09 Å². The van der Waals surface area contributed by atoms with Crippen molar-refractivity contribution < 1.29 is 31.5 Å². The Labute approximate surface area is 256 Å². The lowest BCUT2D eigenvalue weighted by atomic mass is 10.0. The lowest BCUT2D eigenvalue weighted by Crippen LogP contribution is -2.49. The SMILES string of the molecule is CCC(C)n1c(=O)c(-c2ccc(NS(=O)(=O)Cc3ccccc3F)c(F)c2)cc2cnc(N[C@H]3C[C@H](F)CN(C(=O)O)C3)nc21. The van der Waals surface area contributed by atoms with E-state index >= 15 is 4.39 Å². The number of halogens is 3. The van der Waals surface area contributed by atoms with Gasteiger partial charge in [-0.15, -0.1) is 0 Å². The third-order valence-electron chi connectivity index (χ3n) is 7.66. The van der Waals surface area contributed by atoms with Gasteiger partial charge < -0.3 is 15.3 Å². The molecule has 3 N–H and O–H groups in total. The van der Waals surface area contributed by atoms with Gasteiger partial charge in [0.05, 0.1) is 18.0 Å². The number of fused-ring (bicyclic) bond motifs is 1. The number of likely N-dealkylation sites (tertiary alicyclic amines) is 1.